The summed E-state index contributed by atoms with van der Waals surface area (Å²) in [5.41, 5.74) is 0.908. The standard InChI is InChI=1S/C16H17F3N4O2/c17-16(18,19)13-10-21-23(11-13)15(24)20-9-12-2-1-3-14(8-12)22-4-6-25-7-5-22/h1-3,8,10-11H,4-7,9H2,(H,20,24). The predicted molar refractivity (Wildman–Crippen MR) is 84.3 cm³/mol. The monoisotopic (exact) mass is 354 g/mol. The van der Waals surface area contributed by atoms with Crippen molar-refractivity contribution < 1.29 is 22.7 Å². The van der Waals surface area contributed by atoms with Crippen LogP contribution in [0.1, 0.15) is 11.1 Å². The van der Waals surface area contributed by atoms with Gasteiger partial charge < -0.3 is 15.0 Å². The van der Waals surface area contributed by atoms with E-state index in [9.17, 15) is 18.0 Å². The van der Waals surface area contributed by atoms with Crippen LogP contribution in [0.15, 0.2) is 36.7 Å². The highest BCUT2D eigenvalue weighted by atomic mass is 19.4. The van der Waals surface area contributed by atoms with Crippen LogP contribution in [0.25, 0.3) is 0 Å². The molecule has 3 rings (SSSR count). The molecule has 1 fully saturated rings. The third-order valence-corrected chi connectivity index (χ3v) is 3.85. The third-order valence-electron chi connectivity index (χ3n) is 3.85. The van der Waals surface area contributed by atoms with Crippen molar-refractivity contribution in [3.8, 4) is 0 Å². The van der Waals surface area contributed by atoms with Crippen molar-refractivity contribution in [2.24, 2.45) is 0 Å². The molecule has 0 atom stereocenters. The van der Waals surface area contributed by atoms with Crippen molar-refractivity contribution in [2.45, 2.75) is 12.7 Å². The molecule has 0 radical (unpaired) electrons. The number of rotatable bonds is 3. The van der Waals surface area contributed by atoms with E-state index in [-0.39, 0.29) is 6.54 Å². The number of carbonyl (C=O) groups excluding carboxylic acids is 1. The number of nitrogens with one attached hydrogen (secondary N) is 1. The van der Waals surface area contributed by atoms with Crippen molar-refractivity contribution in [2.75, 3.05) is 31.2 Å². The van der Waals surface area contributed by atoms with Crippen LogP contribution >= 0.6 is 0 Å². The van der Waals surface area contributed by atoms with Crippen molar-refractivity contribution in [3.63, 3.8) is 0 Å². The van der Waals surface area contributed by atoms with Gasteiger partial charge in [-0.1, -0.05) is 12.1 Å². The van der Waals surface area contributed by atoms with Gasteiger partial charge in [0.1, 0.15) is 0 Å². The molecular weight excluding hydrogens is 337 g/mol. The van der Waals surface area contributed by atoms with Crippen molar-refractivity contribution >= 4 is 11.7 Å². The summed E-state index contributed by atoms with van der Waals surface area (Å²) in [5.74, 6) is 0. The van der Waals surface area contributed by atoms with Gasteiger partial charge in [-0.15, -0.1) is 0 Å². The first-order chi connectivity index (χ1) is 11.9. The van der Waals surface area contributed by atoms with E-state index in [1.54, 1.807) is 0 Å². The second-order valence-corrected chi connectivity index (χ2v) is 5.60. The summed E-state index contributed by atoms with van der Waals surface area (Å²) in [6.45, 7) is 3.12. The van der Waals surface area contributed by atoms with Gasteiger partial charge in [0.15, 0.2) is 0 Å². The largest absolute Gasteiger partial charge is 0.419 e. The smallest absolute Gasteiger partial charge is 0.378 e. The van der Waals surface area contributed by atoms with E-state index < -0.39 is 17.8 Å². The maximum Gasteiger partial charge on any atom is 0.419 e. The minimum absolute atomic E-state index is 0.193. The Bertz CT molecular complexity index is 739. The van der Waals surface area contributed by atoms with Crippen molar-refractivity contribution in [1.82, 2.24) is 15.1 Å². The SMILES string of the molecule is O=C(NCc1cccc(N2CCOCC2)c1)n1cc(C(F)(F)F)cn1. The van der Waals surface area contributed by atoms with Gasteiger partial charge in [-0.3, -0.25) is 0 Å². The molecule has 6 nitrogen and oxygen atoms in total. The number of hydrogen-bond donors (Lipinski definition) is 1. The number of hydrogen-bond acceptors (Lipinski definition) is 4. The van der Waals surface area contributed by atoms with E-state index in [0.29, 0.717) is 30.3 Å². The van der Waals surface area contributed by atoms with E-state index in [1.807, 2.05) is 24.3 Å². The molecule has 2 aromatic rings. The highest BCUT2D eigenvalue weighted by Gasteiger charge is 2.32. The van der Waals surface area contributed by atoms with Crippen molar-refractivity contribution in [1.29, 1.82) is 0 Å². The number of nitrogens with zero attached hydrogens (tertiary/aromatic N) is 3. The molecule has 0 spiro atoms. The van der Waals surface area contributed by atoms with E-state index in [4.69, 9.17) is 4.74 Å². The minimum Gasteiger partial charge on any atom is -0.378 e. The zero-order valence-electron chi connectivity index (χ0n) is 13.3. The number of carbonyl (C=O) groups is 1. The fraction of sp³-hybridized carbons (Fsp3) is 0.375. The summed E-state index contributed by atoms with van der Waals surface area (Å²) >= 11 is 0. The maximum atomic E-state index is 12.5. The van der Waals surface area contributed by atoms with Gasteiger partial charge in [-0.25, -0.2) is 4.79 Å². The van der Waals surface area contributed by atoms with Gasteiger partial charge in [-0.05, 0) is 17.7 Å². The van der Waals surface area contributed by atoms with Gasteiger partial charge in [0.05, 0.1) is 25.0 Å². The zero-order valence-corrected chi connectivity index (χ0v) is 13.3. The summed E-state index contributed by atoms with van der Waals surface area (Å²) in [4.78, 5) is 14.1. The van der Waals surface area contributed by atoms with E-state index in [0.717, 1.165) is 24.3 Å². The molecular formula is C16H17F3N4O2. The molecule has 1 N–H and O–H groups in total. The molecule has 134 valence electrons. The first kappa shape index (κ1) is 17.3. The van der Waals surface area contributed by atoms with Crippen LogP contribution in [-0.4, -0.2) is 42.1 Å². The number of benzene rings is 1. The molecule has 0 bridgehead atoms. The minimum atomic E-state index is -4.52. The Balaban J connectivity index is 1.61. The average Bonchev–Trinajstić information content (AvgIpc) is 3.11. The number of amides is 1. The summed E-state index contributed by atoms with van der Waals surface area (Å²) < 4.78 is 43.6. The number of morpholine rings is 1. The van der Waals surface area contributed by atoms with Crippen LogP contribution < -0.4 is 10.2 Å². The number of anilines is 1. The van der Waals surface area contributed by atoms with Crippen LogP contribution in [0.2, 0.25) is 0 Å². The second kappa shape index (κ2) is 7.14. The van der Waals surface area contributed by atoms with Gasteiger partial charge in [-0.2, -0.15) is 23.0 Å². The lowest BCUT2D eigenvalue weighted by molar-refractivity contribution is -0.137. The highest BCUT2D eigenvalue weighted by Crippen LogP contribution is 2.28. The van der Waals surface area contributed by atoms with Crippen LogP contribution in [0, 0.1) is 0 Å². The molecule has 0 saturated carbocycles. The molecule has 9 heteroatoms. The lowest BCUT2D eigenvalue weighted by Gasteiger charge is -2.29. The molecule has 1 aliphatic rings. The Hall–Kier alpha value is -2.55. The molecule has 1 aromatic carbocycles. The molecule has 1 aliphatic heterocycles. The molecule has 0 aliphatic carbocycles. The number of ether oxygens (including phenoxy) is 1. The summed E-state index contributed by atoms with van der Waals surface area (Å²) in [6.07, 6.45) is -3.23. The van der Waals surface area contributed by atoms with Gasteiger partial charge in [0.2, 0.25) is 0 Å². The summed E-state index contributed by atoms with van der Waals surface area (Å²) in [5, 5.41) is 6.01. The molecule has 1 amide bonds. The summed E-state index contributed by atoms with van der Waals surface area (Å²) in [6, 6.07) is 6.92. The van der Waals surface area contributed by atoms with E-state index >= 15 is 0 Å². The Morgan fingerprint density at radius 3 is 2.72 bits per heavy atom. The number of aromatic nitrogens is 2. The third kappa shape index (κ3) is 4.30. The van der Waals surface area contributed by atoms with Gasteiger partial charge >= 0.3 is 12.2 Å². The Labute approximate surface area is 142 Å². The highest BCUT2D eigenvalue weighted by molar-refractivity contribution is 5.75. The zero-order chi connectivity index (χ0) is 17.9. The number of halogens is 3. The first-order valence-electron chi connectivity index (χ1n) is 7.75. The molecule has 1 saturated heterocycles. The summed E-state index contributed by atoms with van der Waals surface area (Å²) in [7, 11) is 0. The van der Waals surface area contributed by atoms with Crippen LogP contribution in [0.4, 0.5) is 23.7 Å². The van der Waals surface area contributed by atoms with Crippen LogP contribution in [0.3, 0.4) is 0 Å². The Morgan fingerprint density at radius 2 is 2.04 bits per heavy atom. The first-order valence-corrected chi connectivity index (χ1v) is 7.75. The van der Waals surface area contributed by atoms with Gasteiger partial charge in [0, 0.05) is 31.5 Å². The normalized spacial score (nSPS) is 15.2. The van der Waals surface area contributed by atoms with E-state index in [1.165, 1.54) is 0 Å². The second-order valence-electron chi connectivity index (χ2n) is 5.60. The molecule has 25 heavy (non-hydrogen) atoms. The molecule has 1 aromatic heterocycles. The van der Waals surface area contributed by atoms with Crippen LogP contribution in [0.5, 0.6) is 0 Å². The lowest BCUT2D eigenvalue weighted by atomic mass is 10.2. The Kier molecular flexibility index (Phi) is 4.93. The maximum absolute atomic E-state index is 12.5. The molecule has 2 heterocycles. The van der Waals surface area contributed by atoms with Crippen LogP contribution in [-0.2, 0) is 17.5 Å². The fourth-order valence-corrected chi connectivity index (χ4v) is 2.52. The molecule has 0 unspecified atom stereocenters. The lowest BCUT2D eigenvalue weighted by Crippen LogP contribution is -2.36. The fourth-order valence-electron chi connectivity index (χ4n) is 2.52. The topological polar surface area (TPSA) is 59.4 Å². The van der Waals surface area contributed by atoms with Crippen molar-refractivity contribution in [3.05, 3.63) is 47.8 Å². The predicted octanol–water partition coefficient (Wildman–Crippen LogP) is 2.50. The Morgan fingerprint density at radius 1 is 1.28 bits per heavy atom. The van der Waals surface area contributed by atoms with Gasteiger partial charge in [0.25, 0.3) is 0 Å². The quantitative estimate of drug-likeness (QED) is 0.920. The van der Waals surface area contributed by atoms with E-state index in [2.05, 4.69) is 15.3 Å². The average molecular weight is 354 g/mol. The number of alkyl halides is 3.